The molecule has 1 aromatic carbocycles. The highest BCUT2D eigenvalue weighted by Crippen LogP contribution is 2.39. The second kappa shape index (κ2) is 13.8. The summed E-state index contributed by atoms with van der Waals surface area (Å²) in [6, 6.07) is 10.6. The van der Waals surface area contributed by atoms with Gasteiger partial charge in [0.2, 0.25) is 5.91 Å². The zero-order valence-corrected chi connectivity index (χ0v) is 24.2. The van der Waals surface area contributed by atoms with Gasteiger partial charge in [-0.2, -0.15) is 0 Å². The van der Waals surface area contributed by atoms with Crippen LogP contribution in [0, 0.1) is 0 Å². The van der Waals surface area contributed by atoms with Gasteiger partial charge in [0.15, 0.2) is 0 Å². The number of nitrogens with zero attached hydrogens (tertiary/aromatic N) is 1. The number of rotatable bonds is 15. The molecule has 0 unspecified atom stereocenters. The lowest BCUT2D eigenvalue weighted by Gasteiger charge is -2.13. The summed E-state index contributed by atoms with van der Waals surface area (Å²) in [7, 11) is 0. The Morgan fingerprint density at radius 1 is 0.854 bits per heavy atom. The summed E-state index contributed by atoms with van der Waals surface area (Å²) in [6.07, 6.45) is 12.8. The topological polar surface area (TPSA) is 109 Å². The molecule has 0 atom stereocenters. The van der Waals surface area contributed by atoms with Gasteiger partial charge in [0, 0.05) is 17.8 Å². The molecule has 2 aromatic heterocycles. The number of thiophene rings is 1. The molecule has 216 valence electrons. The summed E-state index contributed by atoms with van der Waals surface area (Å²) >= 11 is 1.53. The third kappa shape index (κ3) is 6.96. The van der Waals surface area contributed by atoms with Gasteiger partial charge in [0.1, 0.15) is 10.8 Å². The lowest BCUT2D eigenvalue weighted by Crippen LogP contribution is -2.30. The Bertz CT molecular complexity index is 1360. The predicted molar refractivity (Wildman–Crippen MR) is 158 cm³/mol. The Balaban J connectivity index is 0.949. The van der Waals surface area contributed by atoms with Crippen molar-refractivity contribution in [3.8, 4) is 0 Å². The highest BCUT2D eigenvalue weighted by atomic mass is 32.1. The molecule has 2 N–H and O–H groups in total. The van der Waals surface area contributed by atoms with Crippen molar-refractivity contribution in [1.29, 1.82) is 0 Å². The Kier molecular flexibility index (Phi) is 9.67. The molecule has 5 rings (SSSR count). The predicted octanol–water partition coefficient (Wildman–Crippen LogP) is 6.51. The standard InChI is InChI=1S/C32H37N3O5S/c36-27(34-30-28(25-16-11-17-26(25)41-30)29(37)33-21-22-13-12-20-40-22)18-7-5-3-1-2-4-6-10-19-35-31(38)23-14-8-9-15-24(23)32(35)39/h8-9,12-15,20H,1-7,10-11,16-19,21H2,(H,33,37)(H,34,36). The summed E-state index contributed by atoms with van der Waals surface area (Å²) in [5.41, 5.74) is 2.71. The number of nitrogens with one attached hydrogen (secondary N) is 2. The molecular weight excluding hydrogens is 538 g/mol. The van der Waals surface area contributed by atoms with E-state index in [2.05, 4.69) is 10.6 Å². The van der Waals surface area contributed by atoms with Crippen LogP contribution in [0.1, 0.15) is 111 Å². The summed E-state index contributed by atoms with van der Waals surface area (Å²) < 4.78 is 5.32. The van der Waals surface area contributed by atoms with E-state index in [1.54, 1.807) is 36.6 Å². The second-order valence-corrected chi connectivity index (χ2v) is 11.9. The number of furan rings is 1. The fourth-order valence-electron chi connectivity index (χ4n) is 5.65. The van der Waals surface area contributed by atoms with E-state index in [4.69, 9.17) is 4.42 Å². The highest BCUT2D eigenvalue weighted by molar-refractivity contribution is 7.17. The smallest absolute Gasteiger partial charge is 0.261 e. The van der Waals surface area contributed by atoms with Gasteiger partial charge in [-0.15, -0.1) is 11.3 Å². The molecule has 1 aliphatic heterocycles. The van der Waals surface area contributed by atoms with Crippen molar-refractivity contribution in [1.82, 2.24) is 10.2 Å². The first kappa shape index (κ1) is 28.8. The maximum absolute atomic E-state index is 13.0. The molecular formula is C32H37N3O5S. The van der Waals surface area contributed by atoms with Gasteiger partial charge in [-0.3, -0.25) is 24.1 Å². The molecule has 0 radical (unpaired) electrons. The lowest BCUT2D eigenvalue weighted by molar-refractivity contribution is -0.116. The Morgan fingerprint density at radius 3 is 2.22 bits per heavy atom. The molecule has 0 fully saturated rings. The van der Waals surface area contributed by atoms with Crippen LogP contribution in [0.2, 0.25) is 0 Å². The number of imide groups is 1. The molecule has 3 aromatic rings. The van der Waals surface area contributed by atoms with Gasteiger partial charge in [-0.05, 0) is 61.9 Å². The summed E-state index contributed by atoms with van der Waals surface area (Å²) in [4.78, 5) is 53.1. The third-order valence-corrected chi connectivity index (χ3v) is 9.03. The number of anilines is 1. The molecule has 8 nitrogen and oxygen atoms in total. The van der Waals surface area contributed by atoms with Crippen LogP contribution in [0.4, 0.5) is 5.00 Å². The van der Waals surface area contributed by atoms with E-state index in [-0.39, 0.29) is 23.6 Å². The van der Waals surface area contributed by atoms with Crippen molar-refractivity contribution >= 4 is 40.0 Å². The minimum absolute atomic E-state index is 0.0434. The van der Waals surface area contributed by atoms with Gasteiger partial charge in [-0.25, -0.2) is 0 Å². The van der Waals surface area contributed by atoms with Crippen LogP contribution in [0.5, 0.6) is 0 Å². The fraction of sp³-hybridized carbons (Fsp3) is 0.438. The van der Waals surface area contributed by atoms with Crippen LogP contribution in [0.3, 0.4) is 0 Å². The fourth-order valence-corrected chi connectivity index (χ4v) is 6.95. The van der Waals surface area contributed by atoms with Gasteiger partial charge < -0.3 is 15.1 Å². The number of carbonyl (C=O) groups is 4. The maximum Gasteiger partial charge on any atom is 0.261 e. The van der Waals surface area contributed by atoms with E-state index < -0.39 is 0 Å². The number of hydrogen-bond donors (Lipinski definition) is 2. The van der Waals surface area contributed by atoms with Gasteiger partial charge >= 0.3 is 0 Å². The number of benzene rings is 1. The van der Waals surface area contributed by atoms with Crippen molar-refractivity contribution in [3.63, 3.8) is 0 Å². The van der Waals surface area contributed by atoms with Crippen LogP contribution in [-0.4, -0.2) is 35.1 Å². The van der Waals surface area contributed by atoms with E-state index in [1.807, 2.05) is 6.07 Å². The van der Waals surface area contributed by atoms with Crippen molar-refractivity contribution in [2.45, 2.75) is 83.6 Å². The number of hydrogen-bond acceptors (Lipinski definition) is 6. The summed E-state index contributed by atoms with van der Waals surface area (Å²) in [6.45, 7) is 0.790. The Morgan fingerprint density at radius 2 is 1.54 bits per heavy atom. The Hall–Kier alpha value is -3.72. The molecule has 2 aliphatic rings. The molecule has 3 heterocycles. The van der Waals surface area contributed by atoms with E-state index >= 15 is 0 Å². The average Bonchev–Trinajstić information content (AvgIpc) is 3.75. The third-order valence-electron chi connectivity index (χ3n) is 7.82. The average molecular weight is 576 g/mol. The molecule has 0 saturated carbocycles. The number of aryl methyl sites for hydroxylation is 1. The van der Waals surface area contributed by atoms with Crippen molar-refractivity contribution in [2.24, 2.45) is 0 Å². The monoisotopic (exact) mass is 575 g/mol. The van der Waals surface area contributed by atoms with Crippen LogP contribution in [-0.2, 0) is 24.2 Å². The first-order valence-corrected chi connectivity index (χ1v) is 15.5. The van der Waals surface area contributed by atoms with Crippen LogP contribution < -0.4 is 10.6 Å². The number of amides is 4. The minimum Gasteiger partial charge on any atom is -0.467 e. The highest BCUT2D eigenvalue weighted by Gasteiger charge is 2.34. The SMILES string of the molecule is O=C(CCCCCCCCCCN1C(=O)c2ccccc2C1=O)Nc1sc2c(c1C(=O)NCc1ccco1)CCC2. The van der Waals surface area contributed by atoms with E-state index in [9.17, 15) is 19.2 Å². The molecule has 41 heavy (non-hydrogen) atoms. The van der Waals surface area contributed by atoms with Crippen LogP contribution in [0.25, 0.3) is 0 Å². The first-order chi connectivity index (χ1) is 20.0. The number of carbonyl (C=O) groups excluding carboxylic acids is 4. The van der Waals surface area contributed by atoms with Gasteiger partial charge in [-0.1, -0.05) is 50.7 Å². The second-order valence-electron chi connectivity index (χ2n) is 10.8. The normalized spacial score (nSPS) is 13.9. The Labute approximate surface area is 244 Å². The zero-order valence-electron chi connectivity index (χ0n) is 23.3. The van der Waals surface area contributed by atoms with E-state index in [0.717, 1.165) is 76.2 Å². The number of unbranched alkanes of at least 4 members (excludes halogenated alkanes) is 7. The molecule has 4 amide bonds. The molecule has 9 heteroatoms. The van der Waals surface area contributed by atoms with Crippen LogP contribution >= 0.6 is 11.3 Å². The van der Waals surface area contributed by atoms with Crippen molar-refractivity contribution in [3.05, 3.63) is 75.6 Å². The molecule has 0 spiro atoms. The minimum atomic E-state index is -0.178. The molecule has 0 saturated heterocycles. The summed E-state index contributed by atoms with van der Waals surface area (Å²) in [5, 5.41) is 6.61. The molecule has 1 aliphatic carbocycles. The lowest BCUT2D eigenvalue weighted by atomic mass is 10.1. The van der Waals surface area contributed by atoms with E-state index in [1.165, 1.54) is 21.1 Å². The first-order valence-electron chi connectivity index (χ1n) is 14.7. The van der Waals surface area contributed by atoms with Crippen molar-refractivity contribution < 1.29 is 23.6 Å². The number of fused-ring (bicyclic) bond motifs is 2. The zero-order chi connectivity index (χ0) is 28.6. The quantitative estimate of drug-likeness (QED) is 0.159. The van der Waals surface area contributed by atoms with Gasteiger partial charge in [0.05, 0.1) is 29.5 Å². The summed E-state index contributed by atoms with van der Waals surface area (Å²) in [5.74, 6) is 0.125. The maximum atomic E-state index is 13.0. The van der Waals surface area contributed by atoms with E-state index in [0.29, 0.717) is 47.0 Å². The largest absolute Gasteiger partial charge is 0.467 e. The molecule has 0 bridgehead atoms. The van der Waals surface area contributed by atoms with Crippen molar-refractivity contribution in [2.75, 3.05) is 11.9 Å². The van der Waals surface area contributed by atoms with Gasteiger partial charge in [0.25, 0.3) is 17.7 Å². The van der Waals surface area contributed by atoms with Crippen LogP contribution in [0.15, 0.2) is 47.1 Å².